The molecule has 2 atom stereocenters. The molecular weight excluding hydrogens is 242 g/mol. The van der Waals surface area contributed by atoms with Crippen molar-refractivity contribution in [2.45, 2.75) is 64.6 Å². The van der Waals surface area contributed by atoms with Gasteiger partial charge in [0.2, 0.25) is 0 Å². The molecular formula is C13H33NOSi2. The fourth-order valence-electron chi connectivity index (χ4n) is 2.12. The minimum absolute atomic E-state index is 0.436. The molecule has 2 nitrogen and oxygen atoms in total. The van der Waals surface area contributed by atoms with Gasteiger partial charge in [0.15, 0.2) is 8.32 Å². The third-order valence-corrected chi connectivity index (χ3v) is 5.33. The molecule has 4 heteroatoms. The molecule has 0 amide bonds. The molecule has 0 rings (SSSR count). The molecule has 17 heavy (non-hydrogen) atoms. The first kappa shape index (κ1) is 17.4. The van der Waals surface area contributed by atoms with Crippen LogP contribution in [0, 0.1) is 5.92 Å². The first-order chi connectivity index (χ1) is 7.74. The zero-order chi connectivity index (χ0) is 13.5. The number of hydrogen-bond donors (Lipinski definition) is 1. The van der Waals surface area contributed by atoms with Gasteiger partial charge in [-0.1, -0.05) is 26.1 Å². The van der Waals surface area contributed by atoms with Gasteiger partial charge in [0.05, 0.1) is 0 Å². The maximum absolute atomic E-state index is 6.34. The van der Waals surface area contributed by atoms with Gasteiger partial charge in [-0.2, -0.15) is 0 Å². The van der Waals surface area contributed by atoms with Gasteiger partial charge in [-0.15, -0.1) is 0 Å². The molecule has 0 radical (unpaired) electrons. The Morgan fingerprint density at radius 1 is 1.24 bits per heavy atom. The summed E-state index contributed by atoms with van der Waals surface area (Å²) in [4.78, 5) is 0. The summed E-state index contributed by atoms with van der Waals surface area (Å²) in [7, 11) is 0.210. The minimum atomic E-state index is -1.39. The highest BCUT2D eigenvalue weighted by Gasteiger charge is 2.22. The highest BCUT2D eigenvalue weighted by atomic mass is 28.4. The second-order valence-electron chi connectivity index (χ2n) is 6.72. The van der Waals surface area contributed by atoms with E-state index >= 15 is 0 Å². The highest BCUT2D eigenvalue weighted by Crippen LogP contribution is 2.19. The molecule has 2 unspecified atom stereocenters. The van der Waals surface area contributed by atoms with Crippen LogP contribution in [0.3, 0.4) is 0 Å². The van der Waals surface area contributed by atoms with Crippen molar-refractivity contribution in [3.8, 4) is 0 Å². The maximum Gasteiger partial charge on any atom is 0.184 e. The summed E-state index contributed by atoms with van der Waals surface area (Å²) >= 11 is 0. The summed E-state index contributed by atoms with van der Waals surface area (Å²) in [6, 6.07) is 1.42. The van der Waals surface area contributed by atoms with Crippen molar-refractivity contribution < 1.29 is 4.43 Å². The van der Waals surface area contributed by atoms with Crippen LogP contribution in [-0.4, -0.2) is 36.8 Å². The Bertz CT molecular complexity index is 192. The van der Waals surface area contributed by atoms with Crippen LogP contribution in [-0.2, 0) is 4.43 Å². The Morgan fingerprint density at radius 2 is 1.82 bits per heavy atom. The molecule has 0 aliphatic heterocycles. The van der Waals surface area contributed by atoms with E-state index in [0.29, 0.717) is 6.10 Å². The summed E-state index contributed by atoms with van der Waals surface area (Å²) in [6.45, 7) is 15.2. The lowest BCUT2D eigenvalue weighted by molar-refractivity contribution is 0.159. The number of rotatable bonds is 9. The van der Waals surface area contributed by atoms with Gasteiger partial charge in [0.25, 0.3) is 0 Å². The van der Waals surface area contributed by atoms with Gasteiger partial charge in [0, 0.05) is 14.9 Å². The first-order valence-electron chi connectivity index (χ1n) is 7.07. The first-order valence-corrected chi connectivity index (χ1v) is 13.6. The molecule has 0 heterocycles. The molecule has 0 bridgehead atoms. The smallest absolute Gasteiger partial charge is 0.184 e. The Labute approximate surface area is 111 Å². The van der Waals surface area contributed by atoms with E-state index in [4.69, 9.17) is 4.43 Å². The van der Waals surface area contributed by atoms with Crippen molar-refractivity contribution in [2.75, 3.05) is 13.6 Å². The fraction of sp³-hybridized carbons (Fsp3) is 1.00. The molecule has 1 N–H and O–H groups in total. The van der Waals surface area contributed by atoms with Crippen LogP contribution in [0.15, 0.2) is 0 Å². The van der Waals surface area contributed by atoms with Gasteiger partial charge in [-0.25, -0.2) is 0 Å². The van der Waals surface area contributed by atoms with E-state index in [-0.39, 0.29) is 0 Å². The third kappa shape index (κ3) is 11.2. The summed E-state index contributed by atoms with van der Waals surface area (Å²) in [5, 5.41) is 3.26. The van der Waals surface area contributed by atoms with Crippen molar-refractivity contribution in [3.63, 3.8) is 0 Å². The molecule has 0 fully saturated rings. The molecule has 0 saturated heterocycles. The monoisotopic (exact) mass is 275 g/mol. The molecule has 0 saturated carbocycles. The average Bonchev–Trinajstić information content (AvgIpc) is 2.12. The molecule has 0 aromatic heterocycles. The molecule has 0 aromatic carbocycles. The number of hydrogen-bond acceptors (Lipinski definition) is 2. The second kappa shape index (κ2) is 8.45. The van der Waals surface area contributed by atoms with E-state index < -0.39 is 17.1 Å². The van der Waals surface area contributed by atoms with E-state index in [9.17, 15) is 0 Å². The largest absolute Gasteiger partial charge is 0.415 e. The van der Waals surface area contributed by atoms with Gasteiger partial charge >= 0.3 is 0 Å². The second-order valence-corrected chi connectivity index (χ2v) is 14.5. The number of nitrogens with one attached hydrogen (secondary N) is 1. The fourth-order valence-corrected chi connectivity index (χ4v) is 4.38. The Balaban J connectivity index is 4.19. The van der Waals surface area contributed by atoms with E-state index in [1.165, 1.54) is 18.9 Å². The quantitative estimate of drug-likeness (QED) is 0.652. The molecule has 0 aromatic rings. The van der Waals surface area contributed by atoms with E-state index in [0.717, 1.165) is 12.5 Å². The predicted octanol–water partition coefficient (Wildman–Crippen LogP) is 3.33. The molecule has 104 valence electrons. The van der Waals surface area contributed by atoms with Gasteiger partial charge in [-0.05, 0) is 52.0 Å². The minimum Gasteiger partial charge on any atom is -0.415 e. The average molecular weight is 276 g/mol. The zero-order valence-corrected chi connectivity index (χ0v) is 15.1. The standard InChI is InChI=1S/C13H33NOSi2/c1-12(11-14-2)10-13(8-9-16(3)4)15-17(5,6)7/h12-14,16H,8-11H2,1-7H3. The normalized spacial score (nSPS) is 16.2. The maximum atomic E-state index is 6.34. The summed E-state index contributed by atoms with van der Waals surface area (Å²) in [6.07, 6.45) is 2.99. The molecule has 0 spiro atoms. The highest BCUT2D eigenvalue weighted by molar-refractivity contribution is 6.69. The van der Waals surface area contributed by atoms with E-state index in [1.807, 2.05) is 7.05 Å². The van der Waals surface area contributed by atoms with E-state index in [1.54, 1.807) is 0 Å². The molecule has 0 aliphatic carbocycles. The Morgan fingerprint density at radius 3 is 2.24 bits per heavy atom. The Kier molecular flexibility index (Phi) is 8.63. The lowest BCUT2D eigenvalue weighted by atomic mass is 10.0. The van der Waals surface area contributed by atoms with Crippen LogP contribution in [0.2, 0.25) is 38.8 Å². The van der Waals surface area contributed by atoms with Crippen molar-refractivity contribution in [2.24, 2.45) is 5.92 Å². The zero-order valence-electron chi connectivity index (χ0n) is 13.0. The predicted molar refractivity (Wildman–Crippen MR) is 84.2 cm³/mol. The summed E-state index contributed by atoms with van der Waals surface area (Å²) in [5.41, 5.74) is 0. The lowest BCUT2D eigenvalue weighted by Crippen LogP contribution is -2.34. The van der Waals surface area contributed by atoms with Crippen LogP contribution < -0.4 is 5.32 Å². The Hall–Kier alpha value is 0.354. The topological polar surface area (TPSA) is 21.3 Å². The van der Waals surface area contributed by atoms with Gasteiger partial charge in [0.1, 0.15) is 0 Å². The summed E-state index contributed by atoms with van der Waals surface area (Å²) < 4.78 is 6.34. The lowest BCUT2D eigenvalue weighted by Gasteiger charge is -2.29. The van der Waals surface area contributed by atoms with Gasteiger partial charge in [-0.3, -0.25) is 0 Å². The van der Waals surface area contributed by atoms with Crippen LogP contribution in [0.5, 0.6) is 0 Å². The third-order valence-electron chi connectivity index (χ3n) is 2.80. The van der Waals surface area contributed by atoms with Crippen LogP contribution >= 0.6 is 0 Å². The van der Waals surface area contributed by atoms with E-state index in [2.05, 4.69) is 45.0 Å². The van der Waals surface area contributed by atoms with Crippen molar-refractivity contribution >= 4 is 17.1 Å². The van der Waals surface area contributed by atoms with Crippen LogP contribution in [0.4, 0.5) is 0 Å². The summed E-state index contributed by atoms with van der Waals surface area (Å²) in [5.74, 6) is 0.718. The van der Waals surface area contributed by atoms with Crippen molar-refractivity contribution in [1.29, 1.82) is 0 Å². The van der Waals surface area contributed by atoms with Crippen molar-refractivity contribution in [1.82, 2.24) is 5.32 Å². The SMILES string of the molecule is CNCC(C)CC(CC[SiH](C)C)O[Si](C)(C)C. The van der Waals surface area contributed by atoms with Crippen molar-refractivity contribution in [3.05, 3.63) is 0 Å². The van der Waals surface area contributed by atoms with Crippen LogP contribution in [0.1, 0.15) is 19.8 Å². The van der Waals surface area contributed by atoms with Crippen LogP contribution in [0.25, 0.3) is 0 Å². The van der Waals surface area contributed by atoms with Gasteiger partial charge < -0.3 is 9.74 Å². The molecule has 0 aliphatic rings.